The van der Waals surface area contributed by atoms with Crippen molar-refractivity contribution in [3.63, 3.8) is 0 Å². The molecule has 1 aliphatic rings. The first kappa shape index (κ1) is 19.0. The third kappa shape index (κ3) is 6.28. The predicted octanol–water partition coefficient (Wildman–Crippen LogP) is 4.55. The monoisotopic (exact) mass is 296 g/mol. The van der Waals surface area contributed by atoms with E-state index < -0.39 is 0 Å². The quantitative estimate of drug-likeness (QED) is 0.671. The number of nitrogens with zero attached hydrogens (tertiary/aromatic N) is 1. The first-order chi connectivity index (χ1) is 9.92. The summed E-state index contributed by atoms with van der Waals surface area (Å²) in [6, 6.07) is 0.719. The summed E-state index contributed by atoms with van der Waals surface area (Å²) in [5.74, 6) is 1.68. The van der Waals surface area contributed by atoms with E-state index in [1.807, 2.05) is 0 Å². The Morgan fingerprint density at radius 3 is 2.24 bits per heavy atom. The van der Waals surface area contributed by atoms with Crippen LogP contribution in [0.15, 0.2) is 0 Å². The van der Waals surface area contributed by atoms with Gasteiger partial charge in [0.2, 0.25) is 0 Å². The average molecular weight is 297 g/mol. The van der Waals surface area contributed by atoms with Crippen molar-refractivity contribution in [1.82, 2.24) is 10.2 Å². The second-order valence-corrected chi connectivity index (χ2v) is 8.03. The molecule has 0 aromatic heterocycles. The van der Waals surface area contributed by atoms with Gasteiger partial charge in [-0.3, -0.25) is 0 Å². The molecule has 0 aromatic rings. The van der Waals surface area contributed by atoms with Crippen LogP contribution in [0.25, 0.3) is 0 Å². The maximum Gasteiger partial charge on any atom is 0.00644 e. The maximum absolute atomic E-state index is 3.77. The number of hydrogen-bond acceptors (Lipinski definition) is 2. The fourth-order valence-corrected chi connectivity index (χ4v) is 3.66. The summed E-state index contributed by atoms with van der Waals surface area (Å²) in [5, 5.41) is 3.77. The predicted molar refractivity (Wildman–Crippen MR) is 94.8 cm³/mol. The lowest BCUT2D eigenvalue weighted by atomic mass is 9.70. The highest BCUT2D eigenvalue weighted by Crippen LogP contribution is 2.39. The Kier molecular flexibility index (Phi) is 8.26. The van der Waals surface area contributed by atoms with Crippen LogP contribution < -0.4 is 5.32 Å². The maximum atomic E-state index is 3.77. The summed E-state index contributed by atoms with van der Waals surface area (Å²) < 4.78 is 0. The molecule has 2 nitrogen and oxygen atoms in total. The minimum atomic E-state index is 0.515. The molecule has 1 atom stereocenters. The van der Waals surface area contributed by atoms with Crippen LogP contribution in [0.5, 0.6) is 0 Å². The van der Waals surface area contributed by atoms with Crippen LogP contribution in [-0.4, -0.2) is 37.1 Å². The molecule has 0 heterocycles. The Morgan fingerprint density at radius 2 is 1.76 bits per heavy atom. The van der Waals surface area contributed by atoms with Gasteiger partial charge in [0, 0.05) is 19.1 Å². The van der Waals surface area contributed by atoms with Gasteiger partial charge in [-0.2, -0.15) is 0 Å². The molecule has 21 heavy (non-hydrogen) atoms. The summed E-state index contributed by atoms with van der Waals surface area (Å²) in [4.78, 5) is 2.72. The molecule has 0 saturated heterocycles. The van der Waals surface area contributed by atoms with Crippen LogP contribution in [0.1, 0.15) is 73.6 Å². The lowest BCUT2D eigenvalue weighted by molar-refractivity contribution is 0.0682. The van der Waals surface area contributed by atoms with Gasteiger partial charge in [-0.05, 0) is 56.5 Å². The van der Waals surface area contributed by atoms with Crippen LogP contribution in [-0.2, 0) is 0 Å². The van der Waals surface area contributed by atoms with Crippen molar-refractivity contribution in [2.75, 3.05) is 26.2 Å². The summed E-state index contributed by atoms with van der Waals surface area (Å²) in [6.07, 6.45) is 6.92. The minimum Gasteiger partial charge on any atom is -0.316 e. The van der Waals surface area contributed by atoms with Gasteiger partial charge in [0.05, 0.1) is 0 Å². The highest BCUT2D eigenvalue weighted by Gasteiger charge is 2.36. The van der Waals surface area contributed by atoms with Gasteiger partial charge in [0.15, 0.2) is 0 Å². The molecule has 1 aliphatic carbocycles. The van der Waals surface area contributed by atoms with E-state index in [2.05, 4.69) is 51.8 Å². The van der Waals surface area contributed by atoms with E-state index in [0.717, 1.165) is 24.4 Å². The average Bonchev–Trinajstić information content (AvgIpc) is 2.46. The molecule has 0 amide bonds. The van der Waals surface area contributed by atoms with E-state index in [1.165, 1.54) is 51.7 Å². The van der Waals surface area contributed by atoms with Gasteiger partial charge in [-0.1, -0.05) is 47.5 Å². The normalized spacial score (nSPS) is 28.3. The molecule has 0 aromatic carbocycles. The molecule has 0 radical (unpaired) electrons. The van der Waals surface area contributed by atoms with Crippen LogP contribution in [0.3, 0.4) is 0 Å². The SMILES string of the molecule is CCC(C)N(CC)CC1(CNCC(C)C)CCC(C)CC1. The van der Waals surface area contributed by atoms with Gasteiger partial charge < -0.3 is 10.2 Å². The van der Waals surface area contributed by atoms with Gasteiger partial charge in [-0.15, -0.1) is 0 Å². The van der Waals surface area contributed by atoms with Crippen molar-refractivity contribution in [2.45, 2.75) is 79.7 Å². The van der Waals surface area contributed by atoms with E-state index in [9.17, 15) is 0 Å². The van der Waals surface area contributed by atoms with Crippen LogP contribution in [0.4, 0.5) is 0 Å². The zero-order chi connectivity index (χ0) is 15.9. The first-order valence-electron chi connectivity index (χ1n) is 9.37. The Labute approximate surface area is 134 Å². The second-order valence-electron chi connectivity index (χ2n) is 8.03. The molecular weight excluding hydrogens is 256 g/mol. The summed E-state index contributed by atoms with van der Waals surface area (Å²) in [7, 11) is 0. The Bertz CT molecular complexity index is 267. The zero-order valence-corrected chi connectivity index (χ0v) is 15.5. The lowest BCUT2D eigenvalue weighted by Crippen LogP contribution is -2.48. The van der Waals surface area contributed by atoms with E-state index in [1.54, 1.807) is 0 Å². The smallest absolute Gasteiger partial charge is 0.00644 e. The molecule has 0 aliphatic heterocycles. The van der Waals surface area contributed by atoms with Crippen molar-refractivity contribution >= 4 is 0 Å². The molecule has 1 fully saturated rings. The standard InChI is InChI=1S/C19H40N2/c1-7-18(6)21(8-2)15-19(14-20-13-16(3)4)11-9-17(5)10-12-19/h16-18,20H,7-15H2,1-6H3. The van der Waals surface area contributed by atoms with E-state index in [0.29, 0.717) is 5.41 Å². The fourth-order valence-electron chi connectivity index (χ4n) is 3.66. The van der Waals surface area contributed by atoms with Crippen molar-refractivity contribution in [3.8, 4) is 0 Å². The summed E-state index contributed by atoms with van der Waals surface area (Å²) >= 11 is 0. The molecule has 1 N–H and O–H groups in total. The topological polar surface area (TPSA) is 15.3 Å². The van der Waals surface area contributed by atoms with Crippen molar-refractivity contribution in [1.29, 1.82) is 0 Å². The van der Waals surface area contributed by atoms with E-state index in [4.69, 9.17) is 0 Å². The fraction of sp³-hybridized carbons (Fsp3) is 1.00. The summed E-state index contributed by atoms with van der Waals surface area (Å²) in [5.41, 5.74) is 0.515. The van der Waals surface area contributed by atoms with Gasteiger partial charge in [0.1, 0.15) is 0 Å². The Balaban J connectivity index is 2.66. The van der Waals surface area contributed by atoms with Gasteiger partial charge >= 0.3 is 0 Å². The first-order valence-corrected chi connectivity index (χ1v) is 9.37. The Hall–Kier alpha value is -0.0800. The van der Waals surface area contributed by atoms with Gasteiger partial charge in [-0.25, -0.2) is 0 Å². The molecule has 1 unspecified atom stereocenters. The Morgan fingerprint density at radius 1 is 1.14 bits per heavy atom. The van der Waals surface area contributed by atoms with Crippen molar-refractivity contribution in [3.05, 3.63) is 0 Å². The third-order valence-electron chi connectivity index (χ3n) is 5.55. The van der Waals surface area contributed by atoms with Crippen LogP contribution >= 0.6 is 0 Å². The second kappa shape index (κ2) is 9.15. The third-order valence-corrected chi connectivity index (χ3v) is 5.55. The minimum absolute atomic E-state index is 0.515. The van der Waals surface area contributed by atoms with Crippen LogP contribution in [0.2, 0.25) is 0 Å². The highest BCUT2D eigenvalue weighted by molar-refractivity contribution is 4.90. The molecule has 126 valence electrons. The number of nitrogens with one attached hydrogen (secondary N) is 1. The molecule has 1 saturated carbocycles. The molecule has 0 bridgehead atoms. The largest absolute Gasteiger partial charge is 0.316 e. The molecule has 1 rings (SSSR count). The molecule has 0 spiro atoms. The van der Waals surface area contributed by atoms with Crippen molar-refractivity contribution < 1.29 is 0 Å². The summed E-state index contributed by atoms with van der Waals surface area (Å²) in [6.45, 7) is 18.9. The molecular formula is C19H40N2. The van der Waals surface area contributed by atoms with Gasteiger partial charge in [0.25, 0.3) is 0 Å². The molecule has 2 heteroatoms. The van der Waals surface area contributed by atoms with Crippen molar-refractivity contribution in [2.24, 2.45) is 17.3 Å². The number of rotatable bonds is 9. The van der Waals surface area contributed by atoms with E-state index >= 15 is 0 Å². The highest BCUT2D eigenvalue weighted by atomic mass is 15.2. The zero-order valence-electron chi connectivity index (χ0n) is 15.5. The van der Waals surface area contributed by atoms with E-state index in [-0.39, 0.29) is 0 Å². The number of hydrogen-bond donors (Lipinski definition) is 1. The van der Waals surface area contributed by atoms with Crippen LogP contribution in [0, 0.1) is 17.3 Å². The lowest BCUT2D eigenvalue weighted by Gasteiger charge is -2.44.